The molecule has 0 amide bonds. The number of hydrogen-bond donors (Lipinski definition) is 1. The molecule has 2 rings (SSSR count). The van der Waals surface area contributed by atoms with Crippen LogP contribution in [0.4, 0.5) is 20.4 Å². The highest BCUT2D eigenvalue weighted by Gasteiger charge is 2.21. The van der Waals surface area contributed by atoms with E-state index in [2.05, 4.69) is 15.3 Å². The third kappa shape index (κ3) is 3.19. The van der Waals surface area contributed by atoms with E-state index >= 15 is 0 Å². The van der Waals surface area contributed by atoms with Crippen molar-refractivity contribution < 1.29 is 18.4 Å². The molecule has 1 aromatic carbocycles. The van der Waals surface area contributed by atoms with Crippen LogP contribution in [0.15, 0.2) is 24.4 Å². The van der Waals surface area contributed by atoms with E-state index in [1.807, 2.05) is 0 Å². The van der Waals surface area contributed by atoms with Crippen molar-refractivity contribution in [3.05, 3.63) is 46.1 Å². The minimum atomic E-state index is -1.25. The zero-order valence-electron chi connectivity index (χ0n) is 10.8. The molecular formula is C12H10F2N4O3. The Bertz CT molecular complexity index is 682. The highest BCUT2D eigenvalue weighted by molar-refractivity contribution is 5.45. The van der Waals surface area contributed by atoms with Crippen LogP contribution in [0.5, 0.6) is 11.6 Å². The molecule has 0 radical (unpaired) electrons. The summed E-state index contributed by atoms with van der Waals surface area (Å²) in [5.74, 6) is -3.28. The van der Waals surface area contributed by atoms with Crippen molar-refractivity contribution in [1.82, 2.24) is 9.97 Å². The largest absolute Gasteiger partial charge is 0.430 e. The quantitative estimate of drug-likeness (QED) is 0.674. The van der Waals surface area contributed by atoms with Crippen LogP contribution < -0.4 is 10.1 Å². The fourth-order valence-electron chi connectivity index (χ4n) is 1.47. The van der Waals surface area contributed by atoms with Gasteiger partial charge in [-0.15, -0.1) is 0 Å². The lowest BCUT2D eigenvalue weighted by atomic mass is 10.3. The molecule has 0 aliphatic heterocycles. The molecule has 0 unspecified atom stereocenters. The molecule has 0 aliphatic carbocycles. The molecule has 9 heteroatoms. The van der Waals surface area contributed by atoms with E-state index in [1.165, 1.54) is 6.07 Å². The Morgan fingerprint density at radius 2 is 2.19 bits per heavy atom. The summed E-state index contributed by atoms with van der Waals surface area (Å²) in [5, 5.41) is 13.6. The van der Waals surface area contributed by atoms with Gasteiger partial charge in [0.25, 0.3) is 0 Å². The molecule has 0 spiro atoms. The fraction of sp³-hybridized carbons (Fsp3) is 0.167. The second-order valence-electron chi connectivity index (χ2n) is 3.83. The first-order valence-corrected chi connectivity index (χ1v) is 5.90. The summed E-state index contributed by atoms with van der Waals surface area (Å²) in [6.45, 7) is 2.25. The van der Waals surface area contributed by atoms with Gasteiger partial charge in [0.1, 0.15) is 6.20 Å². The molecule has 1 N–H and O–H groups in total. The normalized spacial score (nSPS) is 10.2. The standard InChI is InChI=1S/C12H10F2N4O3/c1-2-15-12-16-6-8(18(19)20)11(17-12)21-9-5-3-4-7(13)10(9)14/h3-6H,2H2,1H3,(H,15,16,17). The second-order valence-corrected chi connectivity index (χ2v) is 3.83. The average Bonchev–Trinajstić information content (AvgIpc) is 2.44. The lowest BCUT2D eigenvalue weighted by Crippen LogP contribution is -2.05. The first-order valence-electron chi connectivity index (χ1n) is 5.90. The van der Waals surface area contributed by atoms with E-state index in [1.54, 1.807) is 6.92 Å². The van der Waals surface area contributed by atoms with E-state index in [-0.39, 0.29) is 5.95 Å². The number of nitrogens with zero attached hydrogens (tertiary/aromatic N) is 3. The monoisotopic (exact) mass is 296 g/mol. The van der Waals surface area contributed by atoms with Crippen molar-refractivity contribution in [2.24, 2.45) is 0 Å². The number of hydrogen-bond acceptors (Lipinski definition) is 6. The predicted octanol–water partition coefficient (Wildman–Crippen LogP) is 2.89. The molecular weight excluding hydrogens is 286 g/mol. The first kappa shape index (κ1) is 14.6. The number of nitrogens with one attached hydrogen (secondary N) is 1. The van der Waals surface area contributed by atoms with Gasteiger partial charge in [-0.25, -0.2) is 9.37 Å². The molecule has 0 aliphatic rings. The van der Waals surface area contributed by atoms with Gasteiger partial charge in [-0.2, -0.15) is 9.37 Å². The molecule has 110 valence electrons. The van der Waals surface area contributed by atoms with Gasteiger partial charge in [-0.05, 0) is 19.1 Å². The zero-order valence-corrected chi connectivity index (χ0v) is 10.8. The molecule has 1 heterocycles. The fourth-order valence-corrected chi connectivity index (χ4v) is 1.47. The maximum absolute atomic E-state index is 13.5. The van der Waals surface area contributed by atoms with Gasteiger partial charge in [0.05, 0.1) is 4.92 Å². The van der Waals surface area contributed by atoms with E-state index in [4.69, 9.17) is 4.74 Å². The topological polar surface area (TPSA) is 90.2 Å². The van der Waals surface area contributed by atoms with Crippen LogP contribution in [-0.2, 0) is 0 Å². The molecule has 0 fully saturated rings. The third-order valence-electron chi connectivity index (χ3n) is 2.39. The number of anilines is 1. The van der Waals surface area contributed by atoms with E-state index in [9.17, 15) is 18.9 Å². The Labute approximate surface area is 117 Å². The van der Waals surface area contributed by atoms with Crippen molar-refractivity contribution in [2.75, 3.05) is 11.9 Å². The van der Waals surface area contributed by atoms with E-state index in [0.29, 0.717) is 6.54 Å². The van der Waals surface area contributed by atoms with E-state index < -0.39 is 33.9 Å². The summed E-state index contributed by atoms with van der Waals surface area (Å²) >= 11 is 0. The van der Waals surface area contributed by atoms with Gasteiger partial charge in [0.15, 0.2) is 11.6 Å². The van der Waals surface area contributed by atoms with Gasteiger partial charge in [-0.1, -0.05) is 6.07 Å². The Kier molecular flexibility index (Phi) is 4.21. The van der Waals surface area contributed by atoms with Crippen LogP contribution in [0.2, 0.25) is 0 Å². The van der Waals surface area contributed by atoms with Crippen molar-refractivity contribution in [2.45, 2.75) is 6.92 Å². The minimum absolute atomic E-state index is 0.0786. The maximum atomic E-state index is 13.5. The summed E-state index contributed by atoms with van der Waals surface area (Å²) in [7, 11) is 0. The van der Waals surface area contributed by atoms with Crippen molar-refractivity contribution in [1.29, 1.82) is 0 Å². The number of nitro groups is 1. The van der Waals surface area contributed by atoms with E-state index in [0.717, 1.165) is 18.3 Å². The van der Waals surface area contributed by atoms with Gasteiger partial charge in [0, 0.05) is 6.54 Å². The van der Waals surface area contributed by atoms with Crippen molar-refractivity contribution in [3.63, 3.8) is 0 Å². The van der Waals surface area contributed by atoms with Crippen LogP contribution in [-0.4, -0.2) is 21.4 Å². The molecule has 0 atom stereocenters. The smallest absolute Gasteiger partial charge is 0.349 e. The molecule has 7 nitrogen and oxygen atoms in total. The SMILES string of the molecule is CCNc1ncc([N+](=O)[O-])c(Oc2cccc(F)c2F)n1. The molecule has 0 saturated carbocycles. The summed E-state index contributed by atoms with van der Waals surface area (Å²) in [6.07, 6.45) is 0.928. The molecule has 2 aromatic rings. The lowest BCUT2D eigenvalue weighted by Gasteiger charge is -2.08. The van der Waals surface area contributed by atoms with Gasteiger partial charge in [-0.3, -0.25) is 10.1 Å². The Balaban J connectivity index is 2.43. The Morgan fingerprint density at radius 3 is 2.86 bits per heavy atom. The first-order chi connectivity index (χ1) is 10.0. The van der Waals surface area contributed by atoms with Crippen molar-refractivity contribution in [3.8, 4) is 11.6 Å². The lowest BCUT2D eigenvalue weighted by molar-refractivity contribution is -0.386. The van der Waals surface area contributed by atoms with Crippen LogP contribution in [0.1, 0.15) is 6.92 Å². The highest BCUT2D eigenvalue weighted by atomic mass is 19.2. The molecule has 1 aromatic heterocycles. The number of ether oxygens (including phenoxy) is 1. The zero-order chi connectivity index (χ0) is 15.4. The van der Waals surface area contributed by atoms with Gasteiger partial charge in [0.2, 0.25) is 11.8 Å². The number of rotatable bonds is 5. The predicted molar refractivity (Wildman–Crippen MR) is 69.3 cm³/mol. The molecule has 21 heavy (non-hydrogen) atoms. The maximum Gasteiger partial charge on any atom is 0.349 e. The third-order valence-corrected chi connectivity index (χ3v) is 2.39. The summed E-state index contributed by atoms with van der Waals surface area (Å²) in [5.41, 5.74) is -0.555. The van der Waals surface area contributed by atoms with Crippen LogP contribution in [0.3, 0.4) is 0 Å². The molecule has 0 saturated heterocycles. The highest BCUT2D eigenvalue weighted by Crippen LogP contribution is 2.31. The number of benzene rings is 1. The Hall–Kier alpha value is -2.84. The average molecular weight is 296 g/mol. The number of aromatic nitrogens is 2. The summed E-state index contributed by atoms with van der Waals surface area (Å²) < 4.78 is 31.7. The minimum Gasteiger partial charge on any atom is -0.430 e. The second kappa shape index (κ2) is 6.07. The Morgan fingerprint density at radius 1 is 1.43 bits per heavy atom. The summed E-state index contributed by atoms with van der Waals surface area (Å²) in [6, 6.07) is 3.25. The van der Waals surface area contributed by atoms with Crippen LogP contribution in [0, 0.1) is 21.7 Å². The van der Waals surface area contributed by atoms with Crippen LogP contribution >= 0.6 is 0 Å². The van der Waals surface area contributed by atoms with Crippen molar-refractivity contribution >= 4 is 11.6 Å². The molecule has 0 bridgehead atoms. The van der Waals surface area contributed by atoms with Crippen LogP contribution in [0.25, 0.3) is 0 Å². The number of halogens is 2. The van der Waals surface area contributed by atoms with Gasteiger partial charge < -0.3 is 10.1 Å². The summed E-state index contributed by atoms with van der Waals surface area (Å²) in [4.78, 5) is 17.6. The van der Waals surface area contributed by atoms with Gasteiger partial charge >= 0.3 is 11.6 Å².